The van der Waals surface area contributed by atoms with E-state index in [-0.39, 0.29) is 0 Å². The number of hydrogen-bond acceptors (Lipinski definition) is 2. The first-order valence-corrected chi connectivity index (χ1v) is 8.45. The molecule has 1 aromatic heterocycles. The van der Waals surface area contributed by atoms with Crippen LogP contribution >= 0.6 is 22.9 Å². The van der Waals surface area contributed by atoms with E-state index in [1.165, 1.54) is 43.4 Å². The molecule has 1 N–H and O–H groups in total. The van der Waals surface area contributed by atoms with E-state index in [1.54, 1.807) is 11.3 Å². The van der Waals surface area contributed by atoms with Crippen LogP contribution < -0.4 is 5.32 Å². The molecule has 0 amide bonds. The molecular formula is C15H20ClNS. The summed E-state index contributed by atoms with van der Waals surface area (Å²) in [5.74, 6) is 3.05. The fourth-order valence-electron chi connectivity index (χ4n) is 5.05. The van der Waals surface area contributed by atoms with Crippen molar-refractivity contribution in [1.29, 1.82) is 0 Å². The molecule has 3 heteroatoms. The second kappa shape index (κ2) is 4.22. The first-order valence-electron chi connectivity index (χ1n) is 7.19. The van der Waals surface area contributed by atoms with Crippen molar-refractivity contribution in [1.82, 2.24) is 5.32 Å². The molecule has 0 aliphatic heterocycles. The van der Waals surface area contributed by atoms with Crippen LogP contribution in [0.25, 0.3) is 0 Å². The minimum absolute atomic E-state index is 0.460. The van der Waals surface area contributed by atoms with E-state index in [2.05, 4.69) is 10.7 Å². The summed E-state index contributed by atoms with van der Waals surface area (Å²) >= 11 is 7.98. The summed E-state index contributed by atoms with van der Waals surface area (Å²) in [6, 6.07) is 2.02. The average Bonchev–Trinajstić information content (AvgIpc) is 2.70. The molecule has 1 nitrogen and oxygen atoms in total. The molecule has 4 saturated carbocycles. The molecule has 4 bridgehead atoms. The lowest BCUT2D eigenvalue weighted by Gasteiger charge is -2.57. The maximum atomic E-state index is 6.20. The normalized spacial score (nSPS) is 41.5. The van der Waals surface area contributed by atoms with Gasteiger partial charge in [0.25, 0.3) is 0 Å². The van der Waals surface area contributed by atoms with Crippen molar-refractivity contribution in [3.8, 4) is 0 Å². The van der Waals surface area contributed by atoms with Gasteiger partial charge in [0.2, 0.25) is 0 Å². The lowest BCUT2D eigenvalue weighted by molar-refractivity contribution is -0.0204. The van der Waals surface area contributed by atoms with Crippen LogP contribution in [0.4, 0.5) is 0 Å². The fraction of sp³-hybridized carbons (Fsp3) is 0.733. The Morgan fingerprint density at radius 2 is 1.78 bits per heavy atom. The van der Waals surface area contributed by atoms with Gasteiger partial charge < -0.3 is 5.32 Å². The number of nitrogens with one attached hydrogen (secondary N) is 1. The summed E-state index contributed by atoms with van der Waals surface area (Å²) in [5.41, 5.74) is 0.460. The van der Waals surface area contributed by atoms with Crippen molar-refractivity contribution in [2.75, 3.05) is 0 Å². The summed E-state index contributed by atoms with van der Waals surface area (Å²) in [4.78, 5) is 1.31. The van der Waals surface area contributed by atoms with Crippen LogP contribution in [-0.2, 0) is 6.54 Å². The molecule has 0 saturated heterocycles. The van der Waals surface area contributed by atoms with E-state index < -0.39 is 0 Å². The zero-order valence-electron chi connectivity index (χ0n) is 10.6. The van der Waals surface area contributed by atoms with E-state index in [4.69, 9.17) is 11.6 Å². The van der Waals surface area contributed by atoms with Crippen LogP contribution in [0.2, 0.25) is 5.02 Å². The predicted octanol–water partition coefficient (Wildman–Crippen LogP) is 4.46. The van der Waals surface area contributed by atoms with Gasteiger partial charge in [-0.05, 0) is 67.7 Å². The van der Waals surface area contributed by atoms with Gasteiger partial charge in [0.1, 0.15) is 0 Å². The second-order valence-corrected chi connectivity index (χ2v) is 8.15. The minimum atomic E-state index is 0.460. The Morgan fingerprint density at radius 3 is 2.28 bits per heavy atom. The van der Waals surface area contributed by atoms with Crippen molar-refractivity contribution in [3.63, 3.8) is 0 Å². The summed E-state index contributed by atoms with van der Waals surface area (Å²) < 4.78 is 0. The molecule has 1 heterocycles. The van der Waals surface area contributed by atoms with Crippen LogP contribution in [0.15, 0.2) is 11.4 Å². The number of halogens is 1. The minimum Gasteiger partial charge on any atom is -0.306 e. The van der Waals surface area contributed by atoms with Crippen molar-refractivity contribution >= 4 is 22.9 Å². The average molecular weight is 282 g/mol. The molecule has 18 heavy (non-hydrogen) atoms. The van der Waals surface area contributed by atoms with Crippen LogP contribution in [0, 0.1) is 17.8 Å². The molecular weight excluding hydrogens is 262 g/mol. The first kappa shape index (κ1) is 11.7. The van der Waals surface area contributed by atoms with Gasteiger partial charge in [0, 0.05) is 17.0 Å². The standard InChI is InChI=1S/C15H20ClNS/c16-13-1-2-18-14(13)9-17-15-6-10-3-11(7-15)5-12(4-10)8-15/h1-2,10-12,17H,3-9H2. The van der Waals surface area contributed by atoms with Gasteiger partial charge >= 0.3 is 0 Å². The summed E-state index contributed by atoms with van der Waals surface area (Å²) in [5, 5.41) is 6.93. The largest absolute Gasteiger partial charge is 0.306 e. The van der Waals surface area contributed by atoms with Crippen molar-refractivity contribution in [2.24, 2.45) is 17.8 Å². The SMILES string of the molecule is Clc1ccsc1CNC12CC3CC(CC(C3)C1)C2. The van der Waals surface area contributed by atoms with Gasteiger partial charge in [0.15, 0.2) is 0 Å². The maximum Gasteiger partial charge on any atom is 0.0558 e. The van der Waals surface area contributed by atoms with Crippen molar-refractivity contribution in [3.05, 3.63) is 21.3 Å². The topological polar surface area (TPSA) is 12.0 Å². The van der Waals surface area contributed by atoms with Crippen LogP contribution in [0.3, 0.4) is 0 Å². The smallest absolute Gasteiger partial charge is 0.0558 e. The monoisotopic (exact) mass is 281 g/mol. The second-order valence-electron chi connectivity index (χ2n) is 6.74. The predicted molar refractivity (Wildman–Crippen MR) is 77.1 cm³/mol. The number of thiophene rings is 1. The van der Waals surface area contributed by atoms with Gasteiger partial charge in [0.05, 0.1) is 5.02 Å². The zero-order valence-corrected chi connectivity index (χ0v) is 12.2. The summed E-state index contributed by atoms with van der Waals surface area (Å²) in [7, 11) is 0. The quantitative estimate of drug-likeness (QED) is 0.862. The highest BCUT2D eigenvalue weighted by atomic mass is 35.5. The molecule has 4 fully saturated rings. The Morgan fingerprint density at radius 1 is 1.17 bits per heavy atom. The van der Waals surface area contributed by atoms with Crippen LogP contribution in [0.5, 0.6) is 0 Å². The van der Waals surface area contributed by atoms with Crippen molar-refractivity contribution < 1.29 is 0 Å². The molecule has 0 aromatic carbocycles. The van der Waals surface area contributed by atoms with E-state index in [9.17, 15) is 0 Å². The Labute approximate surface area is 118 Å². The van der Waals surface area contributed by atoms with E-state index >= 15 is 0 Å². The van der Waals surface area contributed by atoms with Gasteiger partial charge in [-0.1, -0.05) is 11.6 Å². The highest BCUT2D eigenvalue weighted by molar-refractivity contribution is 7.10. The van der Waals surface area contributed by atoms with Crippen LogP contribution in [0.1, 0.15) is 43.4 Å². The lowest BCUT2D eigenvalue weighted by Crippen LogP contribution is -2.58. The molecule has 98 valence electrons. The van der Waals surface area contributed by atoms with Crippen molar-refractivity contribution in [2.45, 2.75) is 50.6 Å². The van der Waals surface area contributed by atoms with Gasteiger partial charge in [-0.3, -0.25) is 0 Å². The highest BCUT2D eigenvalue weighted by Gasteiger charge is 2.50. The van der Waals surface area contributed by atoms with Crippen LogP contribution in [-0.4, -0.2) is 5.54 Å². The molecule has 4 aliphatic carbocycles. The Bertz CT molecular complexity index is 418. The highest BCUT2D eigenvalue weighted by Crippen LogP contribution is 2.55. The van der Waals surface area contributed by atoms with E-state index in [0.717, 1.165) is 29.3 Å². The zero-order chi connectivity index (χ0) is 12.2. The molecule has 1 aromatic rings. The summed E-state index contributed by atoms with van der Waals surface area (Å²) in [6.07, 6.45) is 8.80. The molecule has 5 rings (SSSR count). The third-order valence-corrected chi connectivity index (χ3v) is 6.74. The third kappa shape index (κ3) is 1.93. The molecule has 0 atom stereocenters. The molecule has 0 spiro atoms. The molecule has 0 radical (unpaired) electrons. The molecule has 0 unspecified atom stereocenters. The summed E-state index contributed by atoms with van der Waals surface area (Å²) in [6.45, 7) is 0.975. The lowest BCUT2D eigenvalue weighted by atomic mass is 9.53. The fourth-order valence-corrected chi connectivity index (χ4v) is 6.09. The Balaban J connectivity index is 1.49. The first-order chi connectivity index (χ1) is 8.72. The third-order valence-electron chi connectivity index (χ3n) is 5.35. The van der Waals surface area contributed by atoms with Gasteiger partial charge in [-0.15, -0.1) is 11.3 Å². The maximum absolute atomic E-state index is 6.20. The Hall–Kier alpha value is -0.0500. The van der Waals surface area contributed by atoms with E-state index in [1.807, 2.05) is 6.07 Å². The Kier molecular flexibility index (Phi) is 2.76. The van der Waals surface area contributed by atoms with Gasteiger partial charge in [-0.2, -0.15) is 0 Å². The number of hydrogen-bond donors (Lipinski definition) is 1. The number of rotatable bonds is 3. The van der Waals surface area contributed by atoms with E-state index in [0.29, 0.717) is 5.54 Å². The molecule has 4 aliphatic rings. The van der Waals surface area contributed by atoms with Gasteiger partial charge in [-0.25, -0.2) is 0 Å².